The van der Waals surface area contributed by atoms with Crippen LogP contribution >= 0.6 is 0 Å². The van der Waals surface area contributed by atoms with Gasteiger partial charge in [0.25, 0.3) is 11.8 Å². The van der Waals surface area contributed by atoms with Gasteiger partial charge in [0.15, 0.2) is 6.61 Å². The van der Waals surface area contributed by atoms with Crippen LogP contribution in [-0.4, -0.2) is 42.4 Å². The summed E-state index contributed by atoms with van der Waals surface area (Å²) in [5.74, 6) is -0.934. The summed E-state index contributed by atoms with van der Waals surface area (Å²) < 4.78 is 5.07. The highest BCUT2D eigenvalue weighted by molar-refractivity contribution is 5.95. The molecule has 28 heavy (non-hydrogen) atoms. The highest BCUT2D eigenvalue weighted by atomic mass is 16.5. The van der Waals surface area contributed by atoms with Gasteiger partial charge in [-0.2, -0.15) is 0 Å². The minimum atomic E-state index is -0.504. The molecular weight excluding hydrogens is 356 g/mol. The molecule has 0 atom stereocenters. The van der Waals surface area contributed by atoms with Crippen LogP contribution in [0.5, 0.6) is 0 Å². The molecule has 6 nitrogen and oxygen atoms in total. The SMILES string of the molecule is Cc1ccccc1C(=O)NCCC(=O)OCC(=O)N1CCc2ccccc2C1. The number of hydrogen-bond donors (Lipinski definition) is 1. The van der Waals surface area contributed by atoms with Gasteiger partial charge in [0, 0.05) is 25.2 Å². The molecule has 0 spiro atoms. The Morgan fingerprint density at radius 2 is 1.75 bits per heavy atom. The van der Waals surface area contributed by atoms with Crippen molar-refractivity contribution in [2.75, 3.05) is 19.7 Å². The van der Waals surface area contributed by atoms with Crippen LogP contribution in [0.1, 0.15) is 33.5 Å². The highest BCUT2D eigenvalue weighted by Crippen LogP contribution is 2.18. The average Bonchev–Trinajstić information content (AvgIpc) is 2.71. The minimum Gasteiger partial charge on any atom is -0.456 e. The number of hydrogen-bond acceptors (Lipinski definition) is 4. The van der Waals surface area contributed by atoms with Crippen LogP contribution in [0, 0.1) is 6.92 Å². The molecule has 0 aliphatic carbocycles. The fourth-order valence-corrected chi connectivity index (χ4v) is 3.22. The predicted octanol–water partition coefficient (Wildman–Crippen LogP) is 2.24. The van der Waals surface area contributed by atoms with Crippen molar-refractivity contribution in [3.8, 4) is 0 Å². The predicted molar refractivity (Wildman–Crippen MR) is 105 cm³/mol. The normalized spacial score (nSPS) is 12.8. The van der Waals surface area contributed by atoms with Gasteiger partial charge in [-0.05, 0) is 36.1 Å². The lowest BCUT2D eigenvalue weighted by molar-refractivity contribution is -0.152. The van der Waals surface area contributed by atoms with Crippen molar-refractivity contribution in [2.24, 2.45) is 0 Å². The highest BCUT2D eigenvalue weighted by Gasteiger charge is 2.21. The number of benzene rings is 2. The van der Waals surface area contributed by atoms with Crippen LogP contribution in [0.3, 0.4) is 0 Å². The van der Waals surface area contributed by atoms with Gasteiger partial charge >= 0.3 is 5.97 Å². The molecule has 0 fully saturated rings. The van der Waals surface area contributed by atoms with E-state index in [1.807, 2.05) is 37.3 Å². The zero-order chi connectivity index (χ0) is 19.9. The number of esters is 1. The van der Waals surface area contributed by atoms with E-state index in [0.29, 0.717) is 18.7 Å². The fourth-order valence-electron chi connectivity index (χ4n) is 3.22. The number of carbonyl (C=O) groups excluding carboxylic acids is 3. The van der Waals surface area contributed by atoms with E-state index < -0.39 is 5.97 Å². The first-order valence-corrected chi connectivity index (χ1v) is 9.38. The number of aryl methyl sites for hydroxylation is 1. The van der Waals surface area contributed by atoms with Crippen molar-refractivity contribution < 1.29 is 19.1 Å². The molecule has 0 radical (unpaired) electrons. The number of carbonyl (C=O) groups is 3. The summed E-state index contributed by atoms with van der Waals surface area (Å²) >= 11 is 0. The number of ether oxygens (including phenoxy) is 1. The van der Waals surface area contributed by atoms with Crippen LogP contribution in [0.25, 0.3) is 0 Å². The van der Waals surface area contributed by atoms with Gasteiger partial charge in [-0.25, -0.2) is 0 Å². The van der Waals surface area contributed by atoms with Crippen molar-refractivity contribution in [1.29, 1.82) is 0 Å². The molecule has 2 aromatic carbocycles. The van der Waals surface area contributed by atoms with E-state index in [2.05, 4.69) is 11.4 Å². The van der Waals surface area contributed by atoms with Crippen LogP contribution in [0.15, 0.2) is 48.5 Å². The summed E-state index contributed by atoms with van der Waals surface area (Å²) in [4.78, 5) is 38.0. The van der Waals surface area contributed by atoms with Crippen LogP contribution in [-0.2, 0) is 27.3 Å². The van der Waals surface area contributed by atoms with Gasteiger partial charge in [0.05, 0.1) is 6.42 Å². The lowest BCUT2D eigenvalue weighted by Gasteiger charge is -2.28. The van der Waals surface area contributed by atoms with Crippen LogP contribution in [0.2, 0.25) is 0 Å². The number of nitrogens with zero attached hydrogens (tertiary/aromatic N) is 1. The van der Waals surface area contributed by atoms with Crippen molar-refractivity contribution in [3.63, 3.8) is 0 Å². The Labute approximate surface area is 164 Å². The minimum absolute atomic E-state index is 0.0216. The summed E-state index contributed by atoms with van der Waals surface area (Å²) in [6.45, 7) is 2.91. The number of fused-ring (bicyclic) bond motifs is 1. The van der Waals surface area contributed by atoms with Gasteiger partial charge < -0.3 is 15.0 Å². The second-order valence-corrected chi connectivity index (χ2v) is 6.82. The standard InChI is InChI=1S/C22H24N2O4/c1-16-6-2-5-9-19(16)22(27)23-12-10-21(26)28-15-20(25)24-13-11-17-7-3-4-8-18(17)14-24/h2-9H,10-15H2,1H3,(H,23,27). The van der Waals surface area contributed by atoms with Crippen LogP contribution in [0.4, 0.5) is 0 Å². The molecule has 2 amide bonds. The summed E-state index contributed by atoms with van der Waals surface area (Å²) in [5.41, 5.74) is 3.84. The van der Waals surface area contributed by atoms with Crippen molar-refractivity contribution in [2.45, 2.75) is 26.3 Å². The molecule has 0 bridgehead atoms. The van der Waals surface area contributed by atoms with Crippen molar-refractivity contribution in [1.82, 2.24) is 10.2 Å². The lowest BCUT2D eigenvalue weighted by Crippen LogP contribution is -2.38. The molecule has 6 heteroatoms. The average molecular weight is 380 g/mol. The van der Waals surface area contributed by atoms with E-state index in [4.69, 9.17) is 4.74 Å². The Bertz CT molecular complexity index is 878. The van der Waals surface area contributed by atoms with E-state index in [-0.39, 0.29) is 31.4 Å². The molecule has 1 heterocycles. The summed E-state index contributed by atoms with van der Waals surface area (Å²) in [5, 5.41) is 2.70. The summed E-state index contributed by atoms with van der Waals surface area (Å²) in [6, 6.07) is 15.3. The molecule has 1 aliphatic heterocycles. The third-order valence-corrected chi connectivity index (χ3v) is 4.84. The Kier molecular flexibility index (Phi) is 6.42. The largest absolute Gasteiger partial charge is 0.456 e. The van der Waals surface area contributed by atoms with Gasteiger partial charge in [-0.3, -0.25) is 14.4 Å². The molecule has 3 rings (SSSR count). The van der Waals surface area contributed by atoms with E-state index in [9.17, 15) is 14.4 Å². The first kappa shape index (κ1) is 19.6. The monoisotopic (exact) mass is 380 g/mol. The quantitative estimate of drug-likeness (QED) is 0.780. The smallest absolute Gasteiger partial charge is 0.308 e. The van der Waals surface area contributed by atoms with Gasteiger partial charge in [-0.1, -0.05) is 42.5 Å². The van der Waals surface area contributed by atoms with Gasteiger partial charge in [0.1, 0.15) is 0 Å². The van der Waals surface area contributed by atoms with Gasteiger partial charge in [-0.15, -0.1) is 0 Å². The summed E-state index contributed by atoms with van der Waals surface area (Å²) in [7, 11) is 0. The molecule has 0 saturated carbocycles. The lowest BCUT2D eigenvalue weighted by atomic mass is 10.00. The second kappa shape index (κ2) is 9.17. The fraction of sp³-hybridized carbons (Fsp3) is 0.318. The topological polar surface area (TPSA) is 75.7 Å². The zero-order valence-corrected chi connectivity index (χ0v) is 15.9. The molecule has 0 unspecified atom stereocenters. The van der Waals surface area contributed by atoms with E-state index in [1.165, 1.54) is 5.56 Å². The zero-order valence-electron chi connectivity index (χ0n) is 15.9. The maximum absolute atomic E-state index is 12.3. The first-order valence-electron chi connectivity index (χ1n) is 9.38. The van der Waals surface area contributed by atoms with E-state index in [1.54, 1.807) is 17.0 Å². The molecule has 2 aromatic rings. The second-order valence-electron chi connectivity index (χ2n) is 6.82. The Morgan fingerprint density at radius 1 is 1.04 bits per heavy atom. The maximum Gasteiger partial charge on any atom is 0.308 e. The third kappa shape index (κ3) is 4.97. The molecule has 0 aromatic heterocycles. The van der Waals surface area contributed by atoms with Crippen LogP contribution < -0.4 is 5.32 Å². The molecular formula is C22H24N2O4. The number of amides is 2. The Hall–Kier alpha value is -3.15. The number of nitrogens with one attached hydrogen (secondary N) is 1. The maximum atomic E-state index is 12.3. The molecule has 1 N–H and O–H groups in total. The summed E-state index contributed by atoms with van der Waals surface area (Å²) in [6.07, 6.45) is 0.828. The first-order chi connectivity index (χ1) is 13.5. The Balaban J connectivity index is 1.38. The Morgan fingerprint density at radius 3 is 2.54 bits per heavy atom. The van der Waals surface area contributed by atoms with E-state index >= 15 is 0 Å². The molecule has 146 valence electrons. The van der Waals surface area contributed by atoms with Gasteiger partial charge in [0.2, 0.25) is 0 Å². The van der Waals surface area contributed by atoms with E-state index in [0.717, 1.165) is 17.5 Å². The third-order valence-electron chi connectivity index (χ3n) is 4.84. The molecule has 0 saturated heterocycles. The van der Waals surface area contributed by atoms with Crippen molar-refractivity contribution >= 4 is 17.8 Å². The number of rotatable bonds is 6. The molecule has 1 aliphatic rings. The van der Waals surface area contributed by atoms with Crippen molar-refractivity contribution in [3.05, 3.63) is 70.8 Å².